The fourth-order valence-corrected chi connectivity index (χ4v) is 2.86. The molecule has 20 heavy (non-hydrogen) atoms. The van der Waals surface area contributed by atoms with Gasteiger partial charge in [-0.3, -0.25) is 0 Å². The zero-order valence-electron chi connectivity index (χ0n) is 10.4. The Kier molecular flexibility index (Phi) is 5.02. The van der Waals surface area contributed by atoms with Crippen LogP contribution in [0.5, 0.6) is 0 Å². The number of hydrogen-bond acceptors (Lipinski definition) is 1. The number of rotatable bonds is 3. The molecule has 0 aromatic heterocycles. The minimum absolute atomic E-state index is 0.0812. The molecular formula is C14H10BrCl2F2N. The van der Waals surface area contributed by atoms with E-state index in [1.54, 1.807) is 25.2 Å². The highest BCUT2D eigenvalue weighted by Gasteiger charge is 2.19. The maximum atomic E-state index is 14.1. The normalized spacial score (nSPS) is 12.5. The van der Waals surface area contributed by atoms with Crippen LogP contribution >= 0.6 is 39.1 Å². The average Bonchev–Trinajstić information content (AvgIpc) is 2.35. The van der Waals surface area contributed by atoms with E-state index in [4.69, 9.17) is 23.2 Å². The highest BCUT2D eigenvalue weighted by molar-refractivity contribution is 9.10. The topological polar surface area (TPSA) is 12.0 Å². The highest BCUT2D eigenvalue weighted by atomic mass is 79.9. The van der Waals surface area contributed by atoms with Crippen LogP contribution in [0, 0.1) is 11.6 Å². The summed E-state index contributed by atoms with van der Waals surface area (Å²) in [7, 11) is 1.65. The number of nitrogens with one attached hydrogen (secondary N) is 1. The maximum absolute atomic E-state index is 14.1. The second-order valence-corrected chi connectivity index (χ2v) is 5.94. The Balaban J connectivity index is 2.55. The summed E-state index contributed by atoms with van der Waals surface area (Å²) < 4.78 is 27.8. The van der Waals surface area contributed by atoms with Gasteiger partial charge in [-0.25, -0.2) is 8.78 Å². The molecular weight excluding hydrogens is 371 g/mol. The van der Waals surface area contributed by atoms with E-state index < -0.39 is 17.7 Å². The molecule has 6 heteroatoms. The lowest BCUT2D eigenvalue weighted by atomic mass is 9.98. The van der Waals surface area contributed by atoms with Crippen molar-refractivity contribution < 1.29 is 8.78 Å². The Morgan fingerprint density at radius 1 is 1.00 bits per heavy atom. The summed E-state index contributed by atoms with van der Waals surface area (Å²) in [5.74, 6) is -1.05. The van der Waals surface area contributed by atoms with Crippen LogP contribution in [0.25, 0.3) is 0 Å². The molecule has 1 N–H and O–H groups in total. The molecule has 1 nitrogen and oxygen atoms in total. The van der Waals surface area contributed by atoms with Gasteiger partial charge in [0.2, 0.25) is 0 Å². The Morgan fingerprint density at radius 2 is 1.60 bits per heavy atom. The van der Waals surface area contributed by atoms with Gasteiger partial charge >= 0.3 is 0 Å². The van der Waals surface area contributed by atoms with Crippen molar-refractivity contribution in [1.82, 2.24) is 5.32 Å². The highest BCUT2D eigenvalue weighted by Crippen LogP contribution is 2.31. The monoisotopic (exact) mass is 379 g/mol. The Hall–Kier alpha value is -0.680. The smallest absolute Gasteiger partial charge is 0.137 e. The minimum atomic E-state index is -0.547. The zero-order valence-corrected chi connectivity index (χ0v) is 13.5. The molecule has 0 fully saturated rings. The molecule has 1 atom stereocenters. The van der Waals surface area contributed by atoms with E-state index in [1.807, 2.05) is 0 Å². The molecule has 2 aromatic rings. The summed E-state index contributed by atoms with van der Waals surface area (Å²) in [6.45, 7) is 0. The first-order valence-corrected chi connectivity index (χ1v) is 7.25. The molecule has 0 amide bonds. The van der Waals surface area contributed by atoms with Crippen molar-refractivity contribution >= 4 is 39.1 Å². The van der Waals surface area contributed by atoms with Crippen LogP contribution in [0.15, 0.2) is 34.8 Å². The molecule has 0 saturated heterocycles. The minimum Gasteiger partial charge on any atom is -0.309 e. The summed E-state index contributed by atoms with van der Waals surface area (Å²) >= 11 is 14.8. The lowest BCUT2D eigenvalue weighted by Gasteiger charge is -2.19. The molecule has 0 aliphatic carbocycles. The third kappa shape index (κ3) is 3.31. The molecule has 0 radical (unpaired) electrons. The van der Waals surface area contributed by atoms with Gasteiger partial charge in [-0.1, -0.05) is 23.2 Å². The van der Waals surface area contributed by atoms with Crippen molar-refractivity contribution in [2.24, 2.45) is 0 Å². The molecule has 0 bridgehead atoms. The van der Waals surface area contributed by atoms with Gasteiger partial charge in [0, 0.05) is 15.6 Å². The summed E-state index contributed by atoms with van der Waals surface area (Å²) in [5.41, 5.74) is 0.845. The van der Waals surface area contributed by atoms with Crippen LogP contribution in [0.3, 0.4) is 0 Å². The maximum Gasteiger partial charge on any atom is 0.137 e. The van der Waals surface area contributed by atoms with Gasteiger partial charge in [-0.2, -0.15) is 0 Å². The second kappa shape index (κ2) is 6.39. The van der Waals surface area contributed by atoms with Gasteiger partial charge in [0.1, 0.15) is 11.6 Å². The average molecular weight is 381 g/mol. The first-order chi connectivity index (χ1) is 9.42. The number of halogens is 5. The van der Waals surface area contributed by atoms with Crippen molar-refractivity contribution in [1.29, 1.82) is 0 Å². The molecule has 0 heterocycles. The lowest BCUT2D eigenvalue weighted by Crippen LogP contribution is -2.19. The fourth-order valence-electron chi connectivity index (χ4n) is 2.00. The van der Waals surface area contributed by atoms with Gasteiger partial charge in [-0.15, -0.1) is 0 Å². The summed E-state index contributed by atoms with van der Waals surface area (Å²) in [6, 6.07) is 6.60. The van der Waals surface area contributed by atoms with E-state index in [9.17, 15) is 8.78 Å². The Bertz CT molecular complexity index is 629. The van der Waals surface area contributed by atoms with E-state index in [0.29, 0.717) is 15.6 Å². The third-order valence-electron chi connectivity index (χ3n) is 2.86. The molecule has 0 spiro atoms. The van der Waals surface area contributed by atoms with Gasteiger partial charge in [0.15, 0.2) is 0 Å². The fraction of sp³-hybridized carbons (Fsp3) is 0.143. The quantitative estimate of drug-likeness (QED) is 0.708. The van der Waals surface area contributed by atoms with Gasteiger partial charge < -0.3 is 5.32 Å². The molecule has 106 valence electrons. The first kappa shape index (κ1) is 15.7. The molecule has 1 unspecified atom stereocenters. The van der Waals surface area contributed by atoms with E-state index in [2.05, 4.69) is 21.2 Å². The largest absolute Gasteiger partial charge is 0.309 e. The van der Waals surface area contributed by atoms with Gasteiger partial charge in [0.05, 0.1) is 10.5 Å². The zero-order chi connectivity index (χ0) is 14.9. The molecule has 0 aliphatic heterocycles. The molecule has 2 rings (SSSR count). The van der Waals surface area contributed by atoms with Crippen molar-refractivity contribution in [3.8, 4) is 0 Å². The van der Waals surface area contributed by atoms with Crippen LogP contribution in [-0.4, -0.2) is 7.05 Å². The van der Waals surface area contributed by atoms with Gasteiger partial charge in [0.25, 0.3) is 0 Å². The number of hydrogen-bond donors (Lipinski definition) is 1. The summed E-state index contributed by atoms with van der Waals surface area (Å²) in [6.07, 6.45) is 0. The third-order valence-corrected chi connectivity index (χ3v) is 3.90. The van der Waals surface area contributed by atoms with Gasteiger partial charge in [-0.05, 0) is 58.9 Å². The van der Waals surface area contributed by atoms with E-state index in [-0.39, 0.29) is 10.0 Å². The summed E-state index contributed by atoms with van der Waals surface area (Å²) in [4.78, 5) is 0. The molecule has 0 saturated carbocycles. The first-order valence-electron chi connectivity index (χ1n) is 5.70. The van der Waals surface area contributed by atoms with Crippen molar-refractivity contribution in [3.05, 3.63) is 67.6 Å². The number of benzene rings is 2. The molecule has 0 aliphatic rings. The Morgan fingerprint density at radius 3 is 2.15 bits per heavy atom. The van der Waals surface area contributed by atoms with E-state index >= 15 is 0 Å². The Labute approximate surface area is 134 Å². The van der Waals surface area contributed by atoms with E-state index in [0.717, 1.165) is 12.1 Å². The van der Waals surface area contributed by atoms with Crippen LogP contribution in [-0.2, 0) is 0 Å². The van der Waals surface area contributed by atoms with Crippen LogP contribution < -0.4 is 5.32 Å². The predicted octanol–water partition coefficient (Wildman–Crippen LogP) is 5.34. The van der Waals surface area contributed by atoms with Crippen LogP contribution in [0.1, 0.15) is 17.2 Å². The van der Waals surface area contributed by atoms with Crippen molar-refractivity contribution in [2.75, 3.05) is 7.05 Å². The van der Waals surface area contributed by atoms with Crippen LogP contribution in [0.2, 0.25) is 10.0 Å². The standard InChI is InChI=1S/C14H10BrCl2F2N/c1-20-14(7-2-8(16)4-9(17)3-7)10-5-13(19)11(15)6-12(10)18/h2-6,14,20H,1H3. The van der Waals surface area contributed by atoms with E-state index in [1.165, 1.54) is 0 Å². The second-order valence-electron chi connectivity index (χ2n) is 4.21. The van der Waals surface area contributed by atoms with Crippen molar-refractivity contribution in [3.63, 3.8) is 0 Å². The van der Waals surface area contributed by atoms with Crippen molar-refractivity contribution in [2.45, 2.75) is 6.04 Å². The SMILES string of the molecule is CNC(c1cc(Cl)cc(Cl)c1)c1cc(F)c(Br)cc1F. The lowest BCUT2D eigenvalue weighted by molar-refractivity contribution is 0.555. The molecule has 2 aromatic carbocycles. The summed E-state index contributed by atoms with van der Waals surface area (Å²) in [5, 5.41) is 3.81. The predicted molar refractivity (Wildman–Crippen MR) is 81.4 cm³/mol. The van der Waals surface area contributed by atoms with Crippen LogP contribution in [0.4, 0.5) is 8.78 Å².